The van der Waals surface area contributed by atoms with Crippen LogP contribution in [0, 0.1) is 0 Å². The van der Waals surface area contributed by atoms with E-state index < -0.39 is 5.60 Å². The van der Waals surface area contributed by atoms with Crippen LogP contribution < -0.4 is 11.1 Å². The molecule has 0 aliphatic carbocycles. The topological polar surface area (TPSA) is 128 Å². The standard InChI is InChI=1S/C29H32ClN7O3/c1-29(2,3)40-28(39)36-13-5-8-22(16-36)37-26-23(25(31)33-17-34-26)24(35-37)19-11-9-18(10-12-19)15-32-27(38)20-6-4-7-21(30)14-20/h4,6-7,9-12,14,17,22H,5,8,13,15-16H2,1-3H3,(H,32,38)(H2,31,33,34)/t22-/m1/s1. The van der Waals surface area contributed by atoms with Gasteiger partial charge in [-0.15, -0.1) is 0 Å². The largest absolute Gasteiger partial charge is 0.444 e. The number of hydrogen-bond acceptors (Lipinski definition) is 7. The Morgan fingerprint density at radius 1 is 1.15 bits per heavy atom. The maximum absolute atomic E-state index is 12.8. The van der Waals surface area contributed by atoms with Crippen LogP contribution in [0.4, 0.5) is 10.6 Å². The minimum absolute atomic E-state index is 0.0900. The van der Waals surface area contributed by atoms with Crippen molar-refractivity contribution in [2.45, 2.75) is 51.8 Å². The van der Waals surface area contributed by atoms with Gasteiger partial charge in [0.15, 0.2) is 5.65 Å². The van der Waals surface area contributed by atoms with Crippen LogP contribution in [0.5, 0.6) is 0 Å². The number of nitrogens with zero attached hydrogens (tertiary/aromatic N) is 5. The molecule has 0 radical (unpaired) electrons. The molecule has 0 spiro atoms. The summed E-state index contributed by atoms with van der Waals surface area (Å²) in [6.45, 7) is 7.02. The fourth-order valence-electron chi connectivity index (χ4n) is 4.79. The Morgan fingerprint density at radius 3 is 2.65 bits per heavy atom. The van der Waals surface area contributed by atoms with Crippen LogP contribution in [0.25, 0.3) is 22.3 Å². The molecule has 3 heterocycles. The fraction of sp³-hybridized carbons (Fsp3) is 0.345. The SMILES string of the molecule is CC(C)(C)OC(=O)N1CCC[C@@H](n2nc(-c3ccc(CNC(=O)c4cccc(Cl)c4)cc3)c3c(N)ncnc32)C1. The third-order valence-electron chi connectivity index (χ3n) is 6.68. The van der Waals surface area contributed by atoms with Crippen LogP contribution in [-0.4, -0.2) is 55.3 Å². The van der Waals surface area contributed by atoms with Gasteiger partial charge >= 0.3 is 6.09 Å². The number of likely N-dealkylation sites (tertiary alicyclic amines) is 1. The molecule has 1 saturated heterocycles. The van der Waals surface area contributed by atoms with E-state index in [2.05, 4.69) is 15.3 Å². The highest BCUT2D eigenvalue weighted by Gasteiger charge is 2.31. The van der Waals surface area contributed by atoms with Gasteiger partial charge in [-0.05, 0) is 57.4 Å². The average molecular weight is 562 g/mol. The third-order valence-corrected chi connectivity index (χ3v) is 6.91. The summed E-state index contributed by atoms with van der Waals surface area (Å²) < 4.78 is 7.46. The van der Waals surface area contributed by atoms with Crippen LogP contribution >= 0.6 is 11.6 Å². The van der Waals surface area contributed by atoms with Gasteiger partial charge in [0.25, 0.3) is 5.91 Å². The number of piperidine rings is 1. The van der Waals surface area contributed by atoms with Crippen molar-refractivity contribution in [1.82, 2.24) is 30.0 Å². The van der Waals surface area contributed by atoms with E-state index in [9.17, 15) is 9.59 Å². The second-order valence-electron chi connectivity index (χ2n) is 10.9. The lowest BCUT2D eigenvalue weighted by molar-refractivity contribution is 0.0169. The molecule has 2 amide bonds. The molecule has 3 N–H and O–H groups in total. The van der Waals surface area contributed by atoms with Gasteiger partial charge in [0.2, 0.25) is 0 Å². The summed E-state index contributed by atoms with van der Waals surface area (Å²) in [5.74, 6) is 0.137. The molecule has 5 rings (SSSR count). The number of carbonyl (C=O) groups is 2. The predicted molar refractivity (Wildman–Crippen MR) is 154 cm³/mol. The molecule has 1 fully saturated rings. The van der Waals surface area contributed by atoms with Crippen molar-refractivity contribution >= 4 is 40.5 Å². The molecule has 10 nitrogen and oxygen atoms in total. The van der Waals surface area contributed by atoms with Crippen molar-refractivity contribution in [2.75, 3.05) is 18.8 Å². The zero-order valence-corrected chi connectivity index (χ0v) is 23.5. The minimum atomic E-state index is -0.568. The van der Waals surface area contributed by atoms with Crippen LogP contribution in [-0.2, 0) is 11.3 Å². The van der Waals surface area contributed by atoms with Gasteiger partial charge in [0.05, 0.1) is 11.4 Å². The molecule has 1 aliphatic rings. The molecule has 0 bridgehead atoms. The van der Waals surface area contributed by atoms with Crippen molar-refractivity contribution in [3.8, 4) is 11.3 Å². The first-order valence-electron chi connectivity index (χ1n) is 13.2. The maximum atomic E-state index is 12.8. The Bertz CT molecular complexity index is 1550. The van der Waals surface area contributed by atoms with Crippen LogP contribution in [0.1, 0.15) is 55.6 Å². The number of benzene rings is 2. The molecular weight excluding hydrogens is 530 g/mol. The minimum Gasteiger partial charge on any atom is -0.444 e. The molecule has 11 heteroatoms. The lowest BCUT2D eigenvalue weighted by Crippen LogP contribution is -2.43. The van der Waals surface area contributed by atoms with E-state index >= 15 is 0 Å². The normalized spacial score (nSPS) is 15.7. The number of fused-ring (bicyclic) bond motifs is 1. The molecule has 4 aromatic rings. The highest BCUT2D eigenvalue weighted by Crippen LogP contribution is 2.34. The molecule has 0 saturated carbocycles. The number of nitrogen functional groups attached to an aromatic ring is 1. The highest BCUT2D eigenvalue weighted by molar-refractivity contribution is 6.30. The van der Waals surface area contributed by atoms with Crippen LogP contribution in [0.2, 0.25) is 5.02 Å². The van der Waals surface area contributed by atoms with Crippen molar-refractivity contribution in [2.24, 2.45) is 0 Å². The highest BCUT2D eigenvalue weighted by atomic mass is 35.5. The zero-order chi connectivity index (χ0) is 28.4. The third kappa shape index (κ3) is 6.02. The summed E-state index contributed by atoms with van der Waals surface area (Å²) in [5.41, 5.74) is 9.30. The average Bonchev–Trinajstić information content (AvgIpc) is 3.32. The molecule has 1 aliphatic heterocycles. The summed E-state index contributed by atoms with van der Waals surface area (Å²) in [5, 5.41) is 9.03. The van der Waals surface area contributed by atoms with Crippen LogP contribution in [0.3, 0.4) is 0 Å². The Morgan fingerprint density at radius 2 is 1.93 bits per heavy atom. The molecule has 40 heavy (non-hydrogen) atoms. The quantitative estimate of drug-likeness (QED) is 0.341. The van der Waals surface area contributed by atoms with Gasteiger partial charge in [0.1, 0.15) is 23.4 Å². The smallest absolute Gasteiger partial charge is 0.410 e. The van der Waals surface area contributed by atoms with Crippen molar-refractivity contribution in [1.29, 1.82) is 0 Å². The number of rotatable bonds is 5. The Hall–Kier alpha value is -4.18. The number of nitrogens with one attached hydrogen (secondary N) is 1. The second-order valence-corrected chi connectivity index (χ2v) is 11.3. The number of carbonyl (C=O) groups excluding carboxylic acids is 2. The monoisotopic (exact) mass is 561 g/mol. The van der Waals surface area contributed by atoms with E-state index in [1.807, 2.05) is 49.7 Å². The maximum Gasteiger partial charge on any atom is 0.410 e. The van der Waals surface area contributed by atoms with Crippen molar-refractivity contribution in [3.63, 3.8) is 0 Å². The van der Waals surface area contributed by atoms with E-state index in [-0.39, 0.29) is 18.0 Å². The molecule has 2 aromatic heterocycles. The number of ether oxygens (including phenoxy) is 1. The molecular formula is C29H32ClN7O3. The summed E-state index contributed by atoms with van der Waals surface area (Å²) in [4.78, 5) is 35.7. The van der Waals surface area contributed by atoms with E-state index in [1.165, 1.54) is 6.33 Å². The fourth-order valence-corrected chi connectivity index (χ4v) is 4.98. The number of amides is 2. The number of nitrogens with two attached hydrogens (primary N) is 1. The number of hydrogen-bond donors (Lipinski definition) is 2. The summed E-state index contributed by atoms with van der Waals surface area (Å²) in [6.07, 6.45) is 2.75. The van der Waals surface area contributed by atoms with E-state index in [4.69, 9.17) is 27.2 Å². The first kappa shape index (κ1) is 27.4. The number of aromatic nitrogens is 4. The number of halogens is 1. The lowest BCUT2D eigenvalue weighted by atomic mass is 10.1. The second kappa shape index (κ2) is 11.1. The lowest BCUT2D eigenvalue weighted by Gasteiger charge is -2.34. The predicted octanol–water partition coefficient (Wildman–Crippen LogP) is 5.23. The first-order valence-corrected chi connectivity index (χ1v) is 13.6. The molecule has 1 atom stereocenters. The molecule has 208 valence electrons. The molecule has 2 aromatic carbocycles. The Balaban J connectivity index is 1.37. The van der Waals surface area contributed by atoms with Gasteiger partial charge < -0.3 is 20.7 Å². The summed E-state index contributed by atoms with van der Waals surface area (Å²) in [7, 11) is 0. The first-order chi connectivity index (χ1) is 19.1. The molecule has 0 unspecified atom stereocenters. The Labute approximate surface area is 237 Å². The van der Waals surface area contributed by atoms with E-state index in [1.54, 1.807) is 29.2 Å². The van der Waals surface area contributed by atoms with Gasteiger partial charge in [0, 0.05) is 35.8 Å². The van der Waals surface area contributed by atoms with E-state index in [0.29, 0.717) is 52.8 Å². The summed E-state index contributed by atoms with van der Waals surface area (Å²) in [6, 6.07) is 14.5. The Kier molecular flexibility index (Phi) is 7.62. The van der Waals surface area contributed by atoms with Gasteiger partial charge in [-0.25, -0.2) is 19.4 Å². The van der Waals surface area contributed by atoms with Gasteiger partial charge in [-0.1, -0.05) is 41.9 Å². The zero-order valence-electron chi connectivity index (χ0n) is 22.7. The van der Waals surface area contributed by atoms with Crippen LogP contribution in [0.15, 0.2) is 54.9 Å². The number of anilines is 1. The van der Waals surface area contributed by atoms with Gasteiger partial charge in [-0.3, -0.25) is 4.79 Å². The van der Waals surface area contributed by atoms with Gasteiger partial charge in [-0.2, -0.15) is 5.10 Å². The van der Waals surface area contributed by atoms with Crippen molar-refractivity contribution < 1.29 is 14.3 Å². The summed E-state index contributed by atoms with van der Waals surface area (Å²) >= 11 is 6.00. The van der Waals surface area contributed by atoms with E-state index in [0.717, 1.165) is 24.0 Å². The van der Waals surface area contributed by atoms with Crippen molar-refractivity contribution in [3.05, 3.63) is 71.0 Å².